The van der Waals surface area contributed by atoms with Crippen molar-refractivity contribution in [1.29, 1.82) is 0 Å². The van der Waals surface area contributed by atoms with E-state index in [0.717, 1.165) is 17.0 Å². The molecule has 1 aliphatic rings. The molecule has 16 heavy (non-hydrogen) atoms. The molecule has 84 valence electrons. The summed E-state index contributed by atoms with van der Waals surface area (Å²) in [5.41, 5.74) is 1.90. The third-order valence-electron chi connectivity index (χ3n) is 3.42. The maximum absolute atomic E-state index is 11.9. The topological polar surface area (TPSA) is 50.2 Å². The number of hydrogen-bond donors (Lipinski definition) is 1. The Hall–Kier alpha value is -1.58. The van der Waals surface area contributed by atoms with Gasteiger partial charge in [-0.15, -0.1) is 0 Å². The third-order valence-corrected chi connectivity index (χ3v) is 3.42. The lowest BCUT2D eigenvalue weighted by Crippen LogP contribution is -2.14. The zero-order chi connectivity index (χ0) is 11.1. The summed E-state index contributed by atoms with van der Waals surface area (Å²) in [7, 11) is 0. The number of fused-ring (bicyclic) bond motifs is 1. The van der Waals surface area contributed by atoms with E-state index in [1.807, 2.05) is 13.0 Å². The lowest BCUT2D eigenvalue weighted by atomic mass is 9.99. The van der Waals surface area contributed by atoms with Crippen LogP contribution in [0.25, 0.3) is 5.65 Å². The van der Waals surface area contributed by atoms with Gasteiger partial charge in [-0.25, -0.2) is 9.50 Å². The third kappa shape index (κ3) is 1.45. The summed E-state index contributed by atoms with van der Waals surface area (Å²) in [6.07, 6.45) is 4.98. The Morgan fingerprint density at radius 1 is 1.38 bits per heavy atom. The van der Waals surface area contributed by atoms with Crippen molar-refractivity contribution in [2.75, 3.05) is 0 Å². The normalized spacial score (nSPS) is 17.3. The van der Waals surface area contributed by atoms with Crippen LogP contribution in [0.2, 0.25) is 0 Å². The fourth-order valence-corrected chi connectivity index (χ4v) is 2.62. The van der Waals surface area contributed by atoms with E-state index in [1.54, 1.807) is 6.07 Å². The van der Waals surface area contributed by atoms with E-state index in [2.05, 4.69) is 10.1 Å². The van der Waals surface area contributed by atoms with Gasteiger partial charge < -0.3 is 0 Å². The highest BCUT2D eigenvalue weighted by Gasteiger charge is 2.18. The Labute approximate surface area is 93.3 Å². The molecule has 2 heterocycles. The highest BCUT2D eigenvalue weighted by Crippen LogP contribution is 2.33. The Balaban J connectivity index is 2.16. The predicted octanol–water partition coefficient (Wildman–Crippen LogP) is 1.99. The lowest BCUT2D eigenvalue weighted by Gasteiger charge is -2.08. The first-order valence-corrected chi connectivity index (χ1v) is 5.83. The van der Waals surface area contributed by atoms with Crippen molar-refractivity contribution < 1.29 is 0 Å². The molecule has 1 N–H and O–H groups in total. The van der Waals surface area contributed by atoms with Gasteiger partial charge in [0.1, 0.15) is 5.82 Å². The number of pyridine rings is 1. The average Bonchev–Trinajstić information content (AvgIpc) is 2.84. The zero-order valence-corrected chi connectivity index (χ0v) is 9.36. The minimum absolute atomic E-state index is 0.000000000000000222. The molecule has 1 saturated carbocycles. The number of aromatic amines is 1. The maximum Gasteiger partial charge on any atom is 0.271 e. The van der Waals surface area contributed by atoms with E-state index >= 15 is 0 Å². The molecule has 0 bridgehead atoms. The molecule has 4 nitrogen and oxygen atoms in total. The minimum atomic E-state index is 0.000000000000000222. The monoisotopic (exact) mass is 217 g/mol. The van der Waals surface area contributed by atoms with E-state index in [4.69, 9.17) is 0 Å². The molecular formula is C12H15N3O. The summed E-state index contributed by atoms with van der Waals surface area (Å²) in [6, 6.07) is 3.79. The van der Waals surface area contributed by atoms with Crippen molar-refractivity contribution in [2.45, 2.75) is 38.5 Å². The zero-order valence-electron chi connectivity index (χ0n) is 9.36. The van der Waals surface area contributed by atoms with Gasteiger partial charge in [0, 0.05) is 6.07 Å². The van der Waals surface area contributed by atoms with Crippen LogP contribution in [0.5, 0.6) is 0 Å². The van der Waals surface area contributed by atoms with Crippen LogP contribution in [0.1, 0.15) is 43.0 Å². The van der Waals surface area contributed by atoms with Gasteiger partial charge in [-0.2, -0.15) is 0 Å². The first-order valence-electron chi connectivity index (χ1n) is 5.83. The molecule has 0 unspecified atom stereocenters. The predicted molar refractivity (Wildman–Crippen MR) is 61.8 cm³/mol. The number of aromatic nitrogens is 3. The highest BCUT2D eigenvalue weighted by atomic mass is 16.1. The molecule has 2 aromatic heterocycles. The fraction of sp³-hybridized carbons (Fsp3) is 0.500. The van der Waals surface area contributed by atoms with Gasteiger partial charge in [-0.3, -0.25) is 9.89 Å². The molecule has 1 fully saturated rings. The number of aryl methyl sites for hydroxylation is 1. The second kappa shape index (κ2) is 3.47. The summed E-state index contributed by atoms with van der Waals surface area (Å²) in [5, 5.41) is 2.94. The van der Waals surface area contributed by atoms with Crippen LogP contribution < -0.4 is 5.56 Å². The van der Waals surface area contributed by atoms with Gasteiger partial charge >= 0.3 is 0 Å². The molecule has 0 aromatic carbocycles. The summed E-state index contributed by atoms with van der Waals surface area (Å²) in [4.78, 5) is 16.2. The first kappa shape index (κ1) is 9.63. The number of nitrogens with one attached hydrogen (secondary N) is 1. The molecule has 0 amide bonds. The Morgan fingerprint density at radius 3 is 2.88 bits per heavy atom. The number of H-pyrrole nitrogens is 1. The van der Waals surface area contributed by atoms with E-state index < -0.39 is 0 Å². The van der Waals surface area contributed by atoms with E-state index in [0.29, 0.717) is 5.92 Å². The van der Waals surface area contributed by atoms with Crippen molar-refractivity contribution in [1.82, 2.24) is 14.6 Å². The molecule has 2 aromatic rings. The Morgan fingerprint density at radius 2 is 2.12 bits per heavy atom. The second-order valence-corrected chi connectivity index (χ2v) is 4.61. The highest BCUT2D eigenvalue weighted by molar-refractivity contribution is 5.41. The fourth-order valence-electron chi connectivity index (χ4n) is 2.62. The molecule has 3 rings (SSSR count). The van der Waals surface area contributed by atoms with Crippen LogP contribution in [-0.4, -0.2) is 14.6 Å². The molecule has 0 spiro atoms. The van der Waals surface area contributed by atoms with Gasteiger partial charge in [-0.05, 0) is 37.3 Å². The molecule has 4 heteroatoms. The SMILES string of the molecule is Cc1nc2cc(C3CCCC3)cc(=O)n2[nH]1. The van der Waals surface area contributed by atoms with Crippen LogP contribution in [-0.2, 0) is 0 Å². The van der Waals surface area contributed by atoms with Crippen molar-refractivity contribution >= 4 is 5.65 Å². The molecule has 0 saturated heterocycles. The van der Waals surface area contributed by atoms with E-state index in [9.17, 15) is 4.79 Å². The van der Waals surface area contributed by atoms with Crippen molar-refractivity contribution in [2.24, 2.45) is 0 Å². The van der Waals surface area contributed by atoms with Crippen molar-refractivity contribution in [3.05, 3.63) is 33.9 Å². The van der Waals surface area contributed by atoms with E-state index in [-0.39, 0.29) is 5.56 Å². The number of nitrogens with zero attached hydrogens (tertiary/aromatic N) is 2. The smallest absolute Gasteiger partial charge is 0.271 e. The lowest BCUT2D eigenvalue weighted by molar-refractivity contribution is 0.718. The quantitative estimate of drug-likeness (QED) is 0.794. The summed E-state index contributed by atoms with van der Waals surface area (Å²) in [6.45, 7) is 1.86. The molecular weight excluding hydrogens is 202 g/mol. The molecule has 1 aliphatic carbocycles. The van der Waals surface area contributed by atoms with Gasteiger partial charge in [0.2, 0.25) is 0 Å². The molecule has 0 aliphatic heterocycles. The maximum atomic E-state index is 11.9. The van der Waals surface area contributed by atoms with Crippen LogP contribution in [0.3, 0.4) is 0 Å². The first-order chi connectivity index (χ1) is 7.74. The standard InChI is InChI=1S/C12H15N3O/c1-8-13-11-6-10(9-4-2-3-5-9)7-12(16)15(11)14-8/h6-7,9H,2-5H2,1H3,(H,13,14). The Kier molecular flexibility index (Phi) is 2.09. The van der Waals surface area contributed by atoms with Gasteiger partial charge in [-0.1, -0.05) is 12.8 Å². The van der Waals surface area contributed by atoms with Crippen molar-refractivity contribution in [3.8, 4) is 0 Å². The summed E-state index contributed by atoms with van der Waals surface area (Å²) in [5.74, 6) is 1.34. The van der Waals surface area contributed by atoms with Gasteiger partial charge in [0.15, 0.2) is 5.65 Å². The average molecular weight is 217 g/mol. The second-order valence-electron chi connectivity index (χ2n) is 4.61. The Bertz CT molecular complexity index is 575. The van der Waals surface area contributed by atoms with Crippen molar-refractivity contribution in [3.63, 3.8) is 0 Å². The van der Waals surface area contributed by atoms with Gasteiger partial charge in [0.05, 0.1) is 0 Å². The number of hydrogen-bond acceptors (Lipinski definition) is 2. The minimum Gasteiger partial charge on any atom is -0.277 e. The summed E-state index contributed by atoms with van der Waals surface area (Å²) < 4.78 is 1.51. The van der Waals surface area contributed by atoms with Crippen LogP contribution in [0.15, 0.2) is 16.9 Å². The molecule has 0 atom stereocenters. The van der Waals surface area contributed by atoms with Gasteiger partial charge in [0.25, 0.3) is 5.56 Å². The van der Waals surface area contributed by atoms with Crippen LogP contribution in [0.4, 0.5) is 0 Å². The number of rotatable bonds is 1. The summed E-state index contributed by atoms with van der Waals surface area (Å²) >= 11 is 0. The largest absolute Gasteiger partial charge is 0.277 e. The molecule has 0 radical (unpaired) electrons. The van der Waals surface area contributed by atoms with Crippen LogP contribution in [0, 0.1) is 6.92 Å². The van der Waals surface area contributed by atoms with Crippen LogP contribution >= 0.6 is 0 Å². The van der Waals surface area contributed by atoms with E-state index in [1.165, 1.54) is 30.2 Å².